The second kappa shape index (κ2) is 35.7. The Labute approximate surface area is 430 Å². The summed E-state index contributed by atoms with van der Waals surface area (Å²) in [4.78, 5) is 14.6. The maximum atomic E-state index is 12.7. The number of likely N-dealkylation sites (N-methyl/N-ethyl adjacent to an activating group) is 4. The molecule has 6 heterocycles. The normalized spacial score (nSPS) is 26.2. The first kappa shape index (κ1) is 68.9. The predicted molar refractivity (Wildman–Crippen MR) is 281 cm³/mol. The summed E-state index contributed by atoms with van der Waals surface area (Å²) >= 11 is 0. The first-order valence-corrected chi connectivity index (χ1v) is 22.6. The number of benzene rings is 3. The number of hydrogen-bond donors (Lipinski definition) is 2. The molecule has 0 saturated carbocycles. The minimum atomic E-state index is -1.82. The summed E-state index contributed by atoms with van der Waals surface area (Å²) < 4.78 is 36.6. The van der Waals surface area contributed by atoms with E-state index in [1.807, 2.05) is 28.8 Å². The van der Waals surface area contributed by atoms with Crippen LogP contribution in [0.3, 0.4) is 0 Å². The molecule has 3 unspecified atom stereocenters. The van der Waals surface area contributed by atoms with Crippen molar-refractivity contribution in [2.45, 2.75) is 97.2 Å². The summed E-state index contributed by atoms with van der Waals surface area (Å²) in [5.74, 6) is 0.268. The smallest absolute Gasteiger partial charge is 0.391 e. The van der Waals surface area contributed by atoms with Gasteiger partial charge in [-0.15, -0.1) is 0 Å². The summed E-state index contributed by atoms with van der Waals surface area (Å²) in [7, 11) is 5.88. The van der Waals surface area contributed by atoms with E-state index >= 15 is 0 Å². The summed E-state index contributed by atoms with van der Waals surface area (Å²) in [6.45, 7) is 6.56. The molecule has 6 saturated heterocycles. The number of nitrogens with two attached hydrogens (primary N) is 1. The van der Waals surface area contributed by atoms with Crippen molar-refractivity contribution >= 4 is 31.6 Å². The number of β-amino-alcohol motifs (C(OH)–C–C–N with tert-alkyl or cyclic N) is 1. The number of nitrogens with zero attached hydrogens (tertiary/aromatic N) is 13. The Bertz CT molecular complexity index is 1750. The number of alkyl halides is 2. The van der Waals surface area contributed by atoms with Crippen LogP contribution in [0.1, 0.15) is 42.5 Å². The molecule has 6 aliphatic rings. The van der Waals surface area contributed by atoms with Gasteiger partial charge in [-0.3, -0.25) is 4.91 Å². The number of likely N-dealkylation sites (tertiary alicyclic amines) is 4. The van der Waals surface area contributed by atoms with Crippen molar-refractivity contribution in [1.29, 1.82) is 0 Å². The molecule has 0 bridgehead atoms. The van der Waals surface area contributed by atoms with Gasteiger partial charge in [-0.25, -0.2) is 8.78 Å². The van der Waals surface area contributed by atoms with E-state index in [1.165, 1.54) is 20.8 Å². The first-order valence-electron chi connectivity index (χ1n) is 20.7. The Morgan fingerprint density at radius 3 is 1.28 bits per heavy atom. The van der Waals surface area contributed by atoms with Gasteiger partial charge in [-0.1, -0.05) is 103 Å². The number of ether oxygens (including phenoxy) is 2. The zero-order valence-corrected chi connectivity index (χ0v) is 39.9. The quantitative estimate of drug-likeness (QED) is 0.0926. The molecule has 3 aromatic carbocycles. The fourth-order valence-corrected chi connectivity index (χ4v) is 12.9. The van der Waals surface area contributed by atoms with Crippen molar-refractivity contribution in [1.82, 2.24) is 19.6 Å². The number of epoxide rings is 1. The Kier molecular flexibility index (Phi) is 36.1. The van der Waals surface area contributed by atoms with E-state index in [9.17, 15) is 13.9 Å². The van der Waals surface area contributed by atoms with Crippen molar-refractivity contribution < 1.29 is 52.9 Å². The van der Waals surface area contributed by atoms with E-state index in [1.54, 1.807) is 7.05 Å². The van der Waals surface area contributed by atoms with Crippen LogP contribution < -0.4 is 51.2 Å². The predicted octanol–water partition coefficient (Wildman–Crippen LogP) is 3.30. The molecule has 3 aromatic rings. The standard InChI is InChI=1S/C22H22OP.C5H9FN4.C5H11FN2.C5H10N4O.C5H9NO.4CH4.BH4.N3.Na/c1-4-11-19(12-5-1)24(22-17-10-18-23-22,20-13-6-2-7-14-20)21-15-8-3-9-16-21;1-10-2-4(6)5(3-10)8-9-7;1-8-2-4(6)5(7)3-8;1-9-2-4(7-8-6)5(10)3-9;1-6-2-4-5(3-6)7-4;;;;;;1-3-2;/h1-9,11-16,22H,10,17-18H2;4-5H,2-3H2,1H3;4-5H,2-3,7H2,1H3;4-5,10H,2-3H2,1H3;4-5H,2-3H2,1H3;5*1H4;;/q+1;;;;;;;;;2*-1;+1/t;3*4-,5-;;;;;;;;/m.111......../s1. The van der Waals surface area contributed by atoms with Gasteiger partial charge in [0.25, 0.3) is 0 Å². The molecule has 376 valence electrons. The minimum absolute atomic E-state index is 0. The Morgan fingerprint density at radius 1 is 0.618 bits per heavy atom. The fraction of sp³-hybridized carbons (Fsp3) is 0.609. The number of halogens is 2. The van der Waals surface area contributed by atoms with E-state index in [-0.39, 0.29) is 85.6 Å². The van der Waals surface area contributed by atoms with Crippen LogP contribution in [0.4, 0.5) is 8.78 Å². The molecule has 9 rings (SSSR count). The van der Waals surface area contributed by atoms with E-state index in [0.29, 0.717) is 51.5 Å². The molecule has 22 heteroatoms. The average Bonchev–Trinajstić information content (AvgIpc) is 3.79. The van der Waals surface area contributed by atoms with Crippen molar-refractivity contribution in [3.8, 4) is 0 Å². The summed E-state index contributed by atoms with van der Waals surface area (Å²) in [6, 6.07) is 32.0. The SMILES string of the molecule is C.C.C.C.CN1CC2OC2C1.CN1C[C@@H](F)[C@H](N=[N+]=[N-])C1.CN1C[C@@H](N)[C@H](F)C1.CN1C[C@@H](O)[C@H](N=[N+]=[N-])C1.[BH4-].[N-]=[N+]=[N-].[Na+].c1ccc([P+](c2ccccc2)(c2ccccc2)C2CCCO2)cc1. The number of fused-ring (bicyclic) bond motifs is 1. The number of rotatable bonds is 6. The molecule has 17 nitrogen and oxygen atoms in total. The molecule has 6 aliphatic heterocycles. The van der Waals surface area contributed by atoms with Gasteiger partial charge in [0.05, 0.1) is 37.0 Å². The van der Waals surface area contributed by atoms with Crippen molar-refractivity contribution in [3.63, 3.8) is 0 Å². The van der Waals surface area contributed by atoms with E-state index in [2.05, 4.69) is 123 Å². The van der Waals surface area contributed by atoms with E-state index in [0.717, 1.165) is 32.5 Å². The third-order valence-corrected chi connectivity index (χ3v) is 15.8. The summed E-state index contributed by atoms with van der Waals surface area (Å²) in [5, 5.41) is 20.2. The summed E-state index contributed by atoms with van der Waals surface area (Å²) in [6.07, 6.45) is 1.24. The van der Waals surface area contributed by atoms with Crippen LogP contribution in [0, 0.1) is 0 Å². The Hall–Kier alpha value is -3.38. The number of aliphatic hydroxyl groups excluding tert-OH is 1. The molecule has 6 fully saturated rings. The van der Waals surface area contributed by atoms with Crippen LogP contribution >= 0.6 is 7.26 Å². The van der Waals surface area contributed by atoms with E-state index in [4.69, 9.17) is 37.3 Å². The molecule has 0 radical (unpaired) electrons. The second-order valence-electron chi connectivity index (χ2n) is 16.2. The fourth-order valence-electron chi connectivity index (χ4n) is 8.21. The number of azide groups is 2. The van der Waals surface area contributed by atoms with Crippen LogP contribution in [0.5, 0.6) is 0 Å². The maximum absolute atomic E-state index is 12.7. The van der Waals surface area contributed by atoms with Crippen LogP contribution in [0.15, 0.2) is 101 Å². The monoisotopic (exact) mass is 981 g/mol. The molecule has 0 amide bonds. The van der Waals surface area contributed by atoms with Gasteiger partial charge in [0.1, 0.15) is 35.5 Å². The van der Waals surface area contributed by atoms with Crippen molar-refractivity contribution in [2.24, 2.45) is 16.0 Å². The Morgan fingerprint density at radius 2 is 1.00 bits per heavy atom. The van der Waals surface area contributed by atoms with Crippen LogP contribution in [-0.2, 0) is 9.47 Å². The third-order valence-electron chi connectivity index (χ3n) is 11.2. The van der Waals surface area contributed by atoms with Crippen molar-refractivity contribution in [2.75, 3.05) is 87.2 Å². The van der Waals surface area contributed by atoms with Gasteiger partial charge in [-0.2, -0.15) is 0 Å². The molecule has 0 aromatic heterocycles. The number of morpholine rings is 1. The molecule has 0 aliphatic carbocycles. The molecule has 0 spiro atoms. The van der Waals surface area contributed by atoms with E-state index < -0.39 is 31.8 Å². The second-order valence-corrected chi connectivity index (χ2v) is 19.8. The van der Waals surface area contributed by atoms with Crippen LogP contribution in [0.2, 0.25) is 0 Å². The molecule has 9 atom stereocenters. The molecular weight excluding hydrogens is 899 g/mol. The van der Waals surface area contributed by atoms with Gasteiger partial charge < -0.3 is 51.0 Å². The number of hydrogen-bond acceptors (Lipinski definition) is 10. The molecule has 3 N–H and O–H groups in total. The van der Waals surface area contributed by atoms with Gasteiger partial charge in [0.15, 0.2) is 5.85 Å². The average molecular weight is 981 g/mol. The largest absolute Gasteiger partial charge is 1.00 e. The zero-order valence-electron chi connectivity index (χ0n) is 37.0. The maximum Gasteiger partial charge on any atom is 1.00 e. The zero-order chi connectivity index (χ0) is 45.1. The third kappa shape index (κ3) is 20.5. The van der Waals surface area contributed by atoms with Crippen LogP contribution in [0.25, 0.3) is 36.9 Å². The number of aliphatic hydroxyl groups is 1. The first-order chi connectivity index (χ1) is 29.9. The minimum Gasteiger partial charge on any atom is -0.391 e. The van der Waals surface area contributed by atoms with Gasteiger partial charge in [0.2, 0.25) is 0 Å². The topological polar surface area (TPSA) is 237 Å². The van der Waals surface area contributed by atoms with Crippen LogP contribution in [-0.4, -0.2) is 175 Å². The van der Waals surface area contributed by atoms with Crippen molar-refractivity contribution in [3.05, 3.63) is 128 Å². The van der Waals surface area contributed by atoms with Gasteiger partial charge >= 0.3 is 29.6 Å². The van der Waals surface area contributed by atoms with Gasteiger partial charge in [-0.05, 0) is 82.1 Å². The Balaban J connectivity index is -0.000000815. The molecular formula is C46H81BF2N14NaO3P. The summed E-state index contributed by atoms with van der Waals surface area (Å²) in [5.41, 5.74) is 34.9. The molecule has 68 heavy (non-hydrogen) atoms. The van der Waals surface area contributed by atoms with Gasteiger partial charge in [0, 0.05) is 74.6 Å².